The summed E-state index contributed by atoms with van der Waals surface area (Å²) in [5, 5.41) is 11.9. The van der Waals surface area contributed by atoms with E-state index in [0.717, 1.165) is 17.5 Å². The Bertz CT molecular complexity index is 1260. The zero-order valence-corrected chi connectivity index (χ0v) is 23.2. The van der Waals surface area contributed by atoms with Gasteiger partial charge in [0.2, 0.25) is 10.0 Å². The summed E-state index contributed by atoms with van der Waals surface area (Å²) in [7, 11) is -4.03. The standard InChI is InChI=1S/C29H35ClN2O5S/c1-21(2)13-14-24-17-25(30)15-16-26(24)38(35,36)32-20-27(33)29(37-28(31)34,18-22-9-5-3-6-10-22)19-23-11-7-4-8-12-23/h3-12,15-17,21,27,32-33H,13-14,18-20H2,1-2H3,(H2,31,34)/t27-/m1/s1. The van der Waals surface area contributed by atoms with Crippen molar-refractivity contribution in [1.82, 2.24) is 4.72 Å². The van der Waals surface area contributed by atoms with Crippen LogP contribution in [0, 0.1) is 5.92 Å². The van der Waals surface area contributed by atoms with Crippen molar-refractivity contribution in [2.45, 2.75) is 56.1 Å². The monoisotopic (exact) mass is 558 g/mol. The van der Waals surface area contributed by atoms with Crippen molar-refractivity contribution in [3.05, 3.63) is 101 Å². The van der Waals surface area contributed by atoms with Gasteiger partial charge in [0.25, 0.3) is 0 Å². The van der Waals surface area contributed by atoms with Gasteiger partial charge >= 0.3 is 6.09 Å². The highest BCUT2D eigenvalue weighted by Gasteiger charge is 2.42. The smallest absolute Gasteiger partial charge is 0.405 e. The summed E-state index contributed by atoms with van der Waals surface area (Å²) in [6.07, 6.45) is -0.920. The van der Waals surface area contributed by atoms with Crippen LogP contribution < -0.4 is 10.5 Å². The van der Waals surface area contributed by atoms with Gasteiger partial charge in [-0.2, -0.15) is 0 Å². The minimum Gasteiger partial charge on any atom is -0.440 e. The summed E-state index contributed by atoms with van der Waals surface area (Å²) in [5.74, 6) is 0.377. The molecule has 204 valence electrons. The van der Waals surface area contributed by atoms with Gasteiger partial charge in [-0.3, -0.25) is 0 Å². The van der Waals surface area contributed by atoms with Gasteiger partial charge in [0, 0.05) is 24.4 Å². The molecule has 0 aromatic heterocycles. The van der Waals surface area contributed by atoms with Gasteiger partial charge in [-0.15, -0.1) is 0 Å². The molecule has 0 fully saturated rings. The number of amides is 1. The number of hydrogen-bond donors (Lipinski definition) is 3. The van der Waals surface area contributed by atoms with Crippen LogP contribution in [0.2, 0.25) is 5.02 Å². The molecule has 0 radical (unpaired) electrons. The first-order chi connectivity index (χ1) is 18.0. The van der Waals surface area contributed by atoms with Crippen LogP contribution in [0.3, 0.4) is 0 Å². The molecular formula is C29H35ClN2O5S. The number of benzene rings is 3. The van der Waals surface area contributed by atoms with Gasteiger partial charge in [-0.25, -0.2) is 17.9 Å². The van der Waals surface area contributed by atoms with E-state index in [4.69, 9.17) is 22.1 Å². The van der Waals surface area contributed by atoms with E-state index >= 15 is 0 Å². The predicted octanol–water partition coefficient (Wildman–Crippen LogP) is 4.89. The van der Waals surface area contributed by atoms with Gasteiger partial charge < -0.3 is 15.6 Å². The minimum absolute atomic E-state index is 0.0993. The van der Waals surface area contributed by atoms with Crippen molar-refractivity contribution in [1.29, 1.82) is 0 Å². The molecule has 0 saturated heterocycles. The zero-order valence-electron chi connectivity index (χ0n) is 21.6. The van der Waals surface area contributed by atoms with Gasteiger partial charge in [-0.1, -0.05) is 86.1 Å². The number of carbonyl (C=O) groups is 1. The zero-order chi connectivity index (χ0) is 27.8. The molecule has 0 bridgehead atoms. The first-order valence-electron chi connectivity index (χ1n) is 12.5. The second kappa shape index (κ2) is 13.2. The number of aliphatic hydroxyl groups is 1. The number of carbonyl (C=O) groups excluding carboxylic acids is 1. The largest absolute Gasteiger partial charge is 0.440 e. The molecule has 0 aliphatic heterocycles. The topological polar surface area (TPSA) is 119 Å². The van der Waals surface area contributed by atoms with Crippen molar-refractivity contribution in [2.24, 2.45) is 11.7 Å². The Morgan fingerprint density at radius 3 is 2.05 bits per heavy atom. The highest BCUT2D eigenvalue weighted by molar-refractivity contribution is 7.89. The summed E-state index contributed by atoms with van der Waals surface area (Å²) in [6, 6.07) is 23.1. The molecule has 3 aromatic rings. The van der Waals surface area contributed by atoms with E-state index in [1.165, 1.54) is 12.1 Å². The van der Waals surface area contributed by atoms with Crippen molar-refractivity contribution in [3.63, 3.8) is 0 Å². The third kappa shape index (κ3) is 8.30. The van der Waals surface area contributed by atoms with Crippen LogP contribution in [0.15, 0.2) is 83.8 Å². The average Bonchev–Trinajstić information content (AvgIpc) is 2.86. The molecule has 7 nitrogen and oxygen atoms in total. The van der Waals surface area contributed by atoms with E-state index in [1.54, 1.807) is 6.07 Å². The predicted molar refractivity (Wildman–Crippen MR) is 149 cm³/mol. The Hall–Kier alpha value is -2.91. The summed E-state index contributed by atoms with van der Waals surface area (Å²) in [6.45, 7) is 3.72. The molecule has 0 aliphatic rings. The first-order valence-corrected chi connectivity index (χ1v) is 14.4. The number of primary amides is 1. The lowest BCUT2D eigenvalue weighted by molar-refractivity contribution is -0.0758. The number of hydrogen-bond acceptors (Lipinski definition) is 5. The summed E-state index contributed by atoms with van der Waals surface area (Å²) < 4.78 is 34.9. The number of nitrogens with one attached hydrogen (secondary N) is 1. The molecule has 0 spiro atoms. The molecule has 1 atom stereocenters. The van der Waals surface area contributed by atoms with E-state index in [-0.39, 0.29) is 17.7 Å². The van der Waals surface area contributed by atoms with E-state index in [2.05, 4.69) is 18.6 Å². The van der Waals surface area contributed by atoms with Gasteiger partial charge in [0.1, 0.15) is 11.7 Å². The maximum Gasteiger partial charge on any atom is 0.405 e. The van der Waals surface area contributed by atoms with Gasteiger partial charge in [0.15, 0.2) is 0 Å². The lowest BCUT2D eigenvalue weighted by Gasteiger charge is -2.37. The van der Waals surface area contributed by atoms with Crippen molar-refractivity contribution >= 4 is 27.7 Å². The number of nitrogens with two attached hydrogens (primary N) is 1. The molecule has 0 unspecified atom stereocenters. The highest BCUT2D eigenvalue weighted by atomic mass is 35.5. The fourth-order valence-electron chi connectivity index (χ4n) is 4.42. The maximum atomic E-state index is 13.4. The Morgan fingerprint density at radius 1 is 1.00 bits per heavy atom. The molecular weight excluding hydrogens is 524 g/mol. The van der Waals surface area contributed by atoms with Crippen LogP contribution in [-0.2, 0) is 34.0 Å². The molecule has 38 heavy (non-hydrogen) atoms. The van der Waals surface area contributed by atoms with E-state index < -0.39 is 34.4 Å². The highest BCUT2D eigenvalue weighted by Crippen LogP contribution is 2.29. The third-order valence-corrected chi connectivity index (χ3v) is 8.13. The normalized spacial score (nSPS) is 12.9. The Balaban J connectivity index is 1.92. The van der Waals surface area contributed by atoms with Crippen molar-refractivity contribution < 1.29 is 23.1 Å². The quantitative estimate of drug-likeness (QED) is 0.276. The maximum absolute atomic E-state index is 13.4. The summed E-state index contributed by atoms with van der Waals surface area (Å²) in [5.41, 5.74) is 6.12. The second-order valence-electron chi connectivity index (χ2n) is 9.86. The molecule has 3 rings (SSSR count). The fourth-order valence-corrected chi connectivity index (χ4v) is 5.90. The molecule has 0 saturated carbocycles. The van der Waals surface area contributed by atoms with Crippen LogP contribution in [0.5, 0.6) is 0 Å². The first kappa shape index (κ1) is 29.6. The van der Waals surface area contributed by atoms with E-state index in [1.807, 2.05) is 60.7 Å². The Morgan fingerprint density at radius 2 is 1.55 bits per heavy atom. The molecule has 1 amide bonds. The van der Waals surface area contributed by atoms with Crippen LogP contribution in [0.4, 0.5) is 4.79 Å². The number of aliphatic hydroxyl groups excluding tert-OH is 1. The second-order valence-corrected chi connectivity index (χ2v) is 12.0. The van der Waals surface area contributed by atoms with Crippen molar-refractivity contribution in [3.8, 4) is 0 Å². The summed E-state index contributed by atoms with van der Waals surface area (Å²) >= 11 is 6.16. The molecule has 0 heterocycles. The Kier molecular flexibility index (Phi) is 10.3. The van der Waals surface area contributed by atoms with Crippen LogP contribution in [-0.4, -0.2) is 37.9 Å². The summed E-state index contributed by atoms with van der Waals surface area (Å²) in [4.78, 5) is 12.2. The molecule has 9 heteroatoms. The molecule has 4 N–H and O–H groups in total. The number of sulfonamides is 1. The van der Waals surface area contributed by atoms with Crippen LogP contribution in [0.25, 0.3) is 0 Å². The Labute approximate surface area is 230 Å². The van der Waals surface area contributed by atoms with Crippen LogP contribution >= 0.6 is 11.6 Å². The molecule has 3 aromatic carbocycles. The van der Waals surface area contributed by atoms with E-state index in [9.17, 15) is 18.3 Å². The van der Waals surface area contributed by atoms with Crippen molar-refractivity contribution in [2.75, 3.05) is 6.54 Å². The number of ether oxygens (including phenoxy) is 1. The van der Waals surface area contributed by atoms with Gasteiger partial charge in [-0.05, 0) is 53.6 Å². The number of rotatable bonds is 13. The lowest BCUT2D eigenvalue weighted by atomic mass is 9.83. The molecule has 0 aliphatic carbocycles. The van der Waals surface area contributed by atoms with E-state index in [0.29, 0.717) is 22.9 Å². The fraction of sp³-hybridized carbons (Fsp3) is 0.345. The van der Waals surface area contributed by atoms with Crippen LogP contribution in [0.1, 0.15) is 37.0 Å². The minimum atomic E-state index is -4.03. The number of halogens is 1. The SMILES string of the molecule is CC(C)CCc1cc(Cl)ccc1S(=O)(=O)NC[C@@H](O)C(Cc1ccccc1)(Cc1ccccc1)OC(N)=O. The third-order valence-electron chi connectivity index (χ3n) is 6.37. The average molecular weight is 559 g/mol. The van der Waals surface area contributed by atoms with Gasteiger partial charge in [0.05, 0.1) is 4.90 Å². The lowest BCUT2D eigenvalue weighted by Crippen LogP contribution is -2.55. The number of aryl methyl sites for hydroxylation is 1.